The van der Waals surface area contributed by atoms with Crippen LogP contribution in [0.1, 0.15) is 41.0 Å². The molecule has 4 nitrogen and oxygen atoms in total. The molecule has 0 saturated carbocycles. The van der Waals surface area contributed by atoms with Crippen molar-refractivity contribution in [1.82, 2.24) is 0 Å². The first kappa shape index (κ1) is 18.2. The standard InChI is InChI=1S/C8H18O2.C4H10O2/c1-6(2)7(10)8(3,4)5-9;1-4(6)2-3-5/h6-7,9-10H,5H2,1-4H3;4-6H,2-3H2,1H3. The molecule has 0 fully saturated rings. The summed E-state index contributed by atoms with van der Waals surface area (Å²) in [5.41, 5.74) is -0.367. The van der Waals surface area contributed by atoms with Crippen LogP contribution in [0.15, 0.2) is 0 Å². The lowest BCUT2D eigenvalue weighted by atomic mass is 9.82. The molecular weight excluding hydrogens is 208 g/mol. The summed E-state index contributed by atoms with van der Waals surface area (Å²) in [7, 11) is 0. The van der Waals surface area contributed by atoms with Gasteiger partial charge in [-0.3, -0.25) is 0 Å². The van der Waals surface area contributed by atoms with Crippen molar-refractivity contribution >= 4 is 0 Å². The molecule has 4 N–H and O–H groups in total. The Balaban J connectivity index is 0. The van der Waals surface area contributed by atoms with Gasteiger partial charge in [0.15, 0.2) is 0 Å². The number of aliphatic hydroxyl groups excluding tert-OH is 4. The first-order valence-corrected chi connectivity index (χ1v) is 5.76. The topological polar surface area (TPSA) is 80.9 Å². The second kappa shape index (κ2) is 8.93. The lowest BCUT2D eigenvalue weighted by Gasteiger charge is -2.30. The maximum atomic E-state index is 9.49. The molecule has 0 rings (SSSR count). The van der Waals surface area contributed by atoms with Gasteiger partial charge in [0.2, 0.25) is 0 Å². The van der Waals surface area contributed by atoms with Crippen LogP contribution < -0.4 is 0 Å². The Hall–Kier alpha value is -0.160. The molecule has 0 amide bonds. The van der Waals surface area contributed by atoms with Gasteiger partial charge >= 0.3 is 0 Å². The zero-order valence-electron chi connectivity index (χ0n) is 11.1. The molecule has 0 bridgehead atoms. The summed E-state index contributed by atoms with van der Waals surface area (Å²) in [6.07, 6.45) is -0.285. The first-order chi connectivity index (χ1) is 7.18. The molecule has 0 aliphatic carbocycles. The SMILES string of the molecule is CC(C)C(O)C(C)(C)CO.CC(O)CCO. The second-order valence-corrected chi connectivity index (χ2v) is 5.20. The van der Waals surface area contributed by atoms with E-state index in [0.29, 0.717) is 6.42 Å². The first-order valence-electron chi connectivity index (χ1n) is 5.76. The highest BCUT2D eigenvalue weighted by atomic mass is 16.3. The minimum Gasteiger partial charge on any atom is -0.396 e. The zero-order chi connectivity index (χ0) is 13.4. The van der Waals surface area contributed by atoms with E-state index >= 15 is 0 Å². The van der Waals surface area contributed by atoms with Gasteiger partial charge < -0.3 is 20.4 Å². The van der Waals surface area contributed by atoms with Crippen molar-refractivity contribution in [3.05, 3.63) is 0 Å². The van der Waals surface area contributed by atoms with Gasteiger partial charge in [-0.05, 0) is 19.3 Å². The van der Waals surface area contributed by atoms with E-state index in [0.717, 1.165) is 0 Å². The number of aliphatic hydroxyl groups is 4. The minimum absolute atomic E-state index is 0.0341. The van der Waals surface area contributed by atoms with E-state index in [-0.39, 0.29) is 30.7 Å². The highest BCUT2D eigenvalue weighted by Crippen LogP contribution is 2.24. The molecule has 16 heavy (non-hydrogen) atoms. The fourth-order valence-electron chi connectivity index (χ4n) is 1.18. The van der Waals surface area contributed by atoms with Crippen molar-refractivity contribution in [3.8, 4) is 0 Å². The Morgan fingerprint density at radius 2 is 1.44 bits per heavy atom. The molecule has 0 aliphatic rings. The summed E-state index contributed by atoms with van der Waals surface area (Å²) in [6.45, 7) is 9.37. The van der Waals surface area contributed by atoms with E-state index in [1.54, 1.807) is 6.92 Å². The molecule has 0 spiro atoms. The van der Waals surface area contributed by atoms with Crippen LogP contribution in [0.4, 0.5) is 0 Å². The Morgan fingerprint density at radius 3 is 1.50 bits per heavy atom. The van der Waals surface area contributed by atoms with Crippen LogP contribution in [0.2, 0.25) is 0 Å². The summed E-state index contributed by atoms with van der Waals surface area (Å²) < 4.78 is 0. The van der Waals surface area contributed by atoms with Crippen LogP contribution in [0.3, 0.4) is 0 Å². The number of hydrogen-bond donors (Lipinski definition) is 4. The third-order valence-electron chi connectivity index (χ3n) is 2.39. The fraction of sp³-hybridized carbons (Fsp3) is 1.00. The lowest BCUT2D eigenvalue weighted by molar-refractivity contribution is -0.0204. The Bertz CT molecular complexity index is 155. The number of hydrogen-bond acceptors (Lipinski definition) is 4. The van der Waals surface area contributed by atoms with Crippen molar-refractivity contribution in [1.29, 1.82) is 0 Å². The van der Waals surface area contributed by atoms with E-state index in [2.05, 4.69) is 0 Å². The smallest absolute Gasteiger partial charge is 0.0635 e. The Morgan fingerprint density at radius 1 is 1.00 bits per heavy atom. The van der Waals surface area contributed by atoms with Crippen molar-refractivity contribution in [2.24, 2.45) is 11.3 Å². The second-order valence-electron chi connectivity index (χ2n) is 5.20. The average Bonchev–Trinajstić information content (AvgIpc) is 2.17. The molecule has 2 atom stereocenters. The maximum Gasteiger partial charge on any atom is 0.0635 e. The zero-order valence-corrected chi connectivity index (χ0v) is 11.1. The van der Waals surface area contributed by atoms with Crippen molar-refractivity contribution in [2.45, 2.75) is 53.2 Å². The van der Waals surface area contributed by atoms with Crippen LogP contribution in [0.25, 0.3) is 0 Å². The van der Waals surface area contributed by atoms with Gasteiger partial charge in [-0.15, -0.1) is 0 Å². The highest BCUT2D eigenvalue weighted by molar-refractivity contribution is 4.78. The minimum atomic E-state index is -0.419. The molecule has 0 radical (unpaired) electrons. The van der Waals surface area contributed by atoms with Crippen molar-refractivity contribution in [3.63, 3.8) is 0 Å². The highest BCUT2D eigenvalue weighted by Gasteiger charge is 2.28. The van der Waals surface area contributed by atoms with Crippen LogP contribution in [-0.2, 0) is 0 Å². The number of rotatable bonds is 5. The van der Waals surface area contributed by atoms with Crippen LogP contribution >= 0.6 is 0 Å². The summed E-state index contributed by atoms with van der Waals surface area (Å²) in [5.74, 6) is 0.210. The van der Waals surface area contributed by atoms with E-state index < -0.39 is 6.10 Å². The average molecular weight is 236 g/mol. The van der Waals surface area contributed by atoms with Crippen molar-refractivity contribution in [2.75, 3.05) is 13.2 Å². The normalized spacial score (nSPS) is 15.4. The van der Waals surface area contributed by atoms with Gasteiger partial charge in [-0.1, -0.05) is 27.7 Å². The molecule has 0 aliphatic heterocycles. The molecular formula is C12H28O4. The van der Waals surface area contributed by atoms with Gasteiger partial charge in [-0.2, -0.15) is 0 Å². The van der Waals surface area contributed by atoms with Crippen molar-refractivity contribution < 1.29 is 20.4 Å². The molecule has 0 saturated heterocycles. The van der Waals surface area contributed by atoms with Crippen LogP contribution in [-0.4, -0.2) is 45.8 Å². The van der Waals surface area contributed by atoms with Gasteiger partial charge in [0.25, 0.3) is 0 Å². The monoisotopic (exact) mass is 236 g/mol. The molecule has 0 aromatic rings. The van der Waals surface area contributed by atoms with Gasteiger partial charge in [0.1, 0.15) is 0 Å². The summed E-state index contributed by atoms with van der Waals surface area (Å²) in [4.78, 5) is 0. The predicted molar refractivity (Wildman–Crippen MR) is 65.1 cm³/mol. The Labute approximate surface area is 98.9 Å². The third kappa shape index (κ3) is 9.09. The van der Waals surface area contributed by atoms with Gasteiger partial charge in [0.05, 0.1) is 18.8 Å². The lowest BCUT2D eigenvalue weighted by Crippen LogP contribution is -2.36. The molecule has 100 valence electrons. The van der Waals surface area contributed by atoms with E-state index in [4.69, 9.17) is 15.3 Å². The summed E-state index contributed by atoms with van der Waals surface area (Å²) in [5, 5.41) is 34.8. The molecule has 0 heterocycles. The fourth-order valence-corrected chi connectivity index (χ4v) is 1.18. The van der Waals surface area contributed by atoms with Gasteiger partial charge in [-0.25, -0.2) is 0 Å². The largest absolute Gasteiger partial charge is 0.396 e. The van der Waals surface area contributed by atoms with E-state index in [9.17, 15) is 5.11 Å². The molecule has 4 heteroatoms. The summed E-state index contributed by atoms with van der Waals surface area (Å²) in [6, 6.07) is 0. The third-order valence-corrected chi connectivity index (χ3v) is 2.39. The summed E-state index contributed by atoms with van der Waals surface area (Å²) >= 11 is 0. The Kier molecular flexibility index (Phi) is 10.2. The predicted octanol–water partition coefficient (Wildman–Crippen LogP) is 0.771. The van der Waals surface area contributed by atoms with E-state index in [1.165, 1.54) is 0 Å². The molecule has 2 unspecified atom stereocenters. The maximum absolute atomic E-state index is 9.49. The molecule has 0 aromatic heterocycles. The quantitative estimate of drug-likeness (QED) is 0.568. The van der Waals surface area contributed by atoms with Crippen LogP contribution in [0.5, 0.6) is 0 Å². The molecule has 0 aromatic carbocycles. The van der Waals surface area contributed by atoms with E-state index in [1.807, 2.05) is 27.7 Å². The van der Waals surface area contributed by atoms with Crippen LogP contribution in [0, 0.1) is 11.3 Å². The van der Waals surface area contributed by atoms with Gasteiger partial charge in [0, 0.05) is 12.0 Å².